The second-order valence-corrected chi connectivity index (χ2v) is 3.79. The van der Waals surface area contributed by atoms with Gasteiger partial charge in [0, 0.05) is 18.9 Å². The number of hydrogen-bond acceptors (Lipinski definition) is 4. The van der Waals surface area contributed by atoms with Crippen molar-refractivity contribution in [2.45, 2.75) is 25.4 Å². The minimum absolute atomic E-state index is 0.168. The van der Waals surface area contributed by atoms with Crippen LogP contribution in [0, 0.1) is 11.3 Å². The average molecular weight is 218 g/mol. The highest BCUT2D eigenvalue weighted by Gasteiger charge is 2.14. The van der Waals surface area contributed by atoms with Crippen LogP contribution in [0.3, 0.4) is 0 Å². The molecule has 0 bridgehead atoms. The topological polar surface area (TPSA) is 55.1 Å². The Bertz CT molecular complexity index is 381. The molecule has 1 aliphatic heterocycles. The van der Waals surface area contributed by atoms with Crippen molar-refractivity contribution in [2.24, 2.45) is 0 Å². The van der Waals surface area contributed by atoms with Crippen LogP contribution >= 0.6 is 0 Å². The number of pyridine rings is 1. The summed E-state index contributed by atoms with van der Waals surface area (Å²) in [6, 6.07) is 5.35. The van der Waals surface area contributed by atoms with E-state index in [-0.39, 0.29) is 6.10 Å². The third-order valence-corrected chi connectivity index (χ3v) is 2.56. The molecule has 4 nitrogen and oxygen atoms in total. The number of rotatable bonds is 3. The summed E-state index contributed by atoms with van der Waals surface area (Å²) in [7, 11) is 0. The lowest BCUT2D eigenvalue weighted by Crippen LogP contribution is -2.25. The van der Waals surface area contributed by atoms with Crippen molar-refractivity contribution in [3.63, 3.8) is 0 Å². The smallest absolute Gasteiger partial charge is 0.214 e. The summed E-state index contributed by atoms with van der Waals surface area (Å²) in [5.41, 5.74) is 0.564. The van der Waals surface area contributed by atoms with Crippen molar-refractivity contribution in [2.75, 3.05) is 13.2 Å². The van der Waals surface area contributed by atoms with Gasteiger partial charge in [-0.3, -0.25) is 0 Å². The Morgan fingerprint density at radius 3 is 3.25 bits per heavy atom. The van der Waals surface area contributed by atoms with Crippen molar-refractivity contribution in [1.29, 1.82) is 5.26 Å². The Balaban J connectivity index is 1.86. The van der Waals surface area contributed by atoms with E-state index in [4.69, 9.17) is 14.7 Å². The summed E-state index contributed by atoms with van der Waals surface area (Å²) in [6.45, 7) is 1.33. The van der Waals surface area contributed by atoms with Crippen molar-refractivity contribution in [1.82, 2.24) is 4.98 Å². The monoisotopic (exact) mass is 218 g/mol. The van der Waals surface area contributed by atoms with E-state index < -0.39 is 0 Å². The summed E-state index contributed by atoms with van der Waals surface area (Å²) >= 11 is 0. The fourth-order valence-corrected chi connectivity index (χ4v) is 1.68. The molecule has 16 heavy (non-hydrogen) atoms. The Morgan fingerprint density at radius 2 is 2.50 bits per heavy atom. The number of ether oxygens (including phenoxy) is 2. The molecule has 0 aliphatic carbocycles. The zero-order valence-electron chi connectivity index (χ0n) is 9.06. The predicted octanol–water partition coefficient (Wildman–Crippen LogP) is 1.90. The third-order valence-electron chi connectivity index (χ3n) is 2.56. The molecule has 1 aliphatic rings. The lowest BCUT2D eigenvalue weighted by molar-refractivity contribution is -0.0119. The zero-order valence-corrected chi connectivity index (χ0v) is 9.06. The molecule has 4 heteroatoms. The SMILES string of the molecule is N#Cc1ccnc(OC[C@H]2CCCCO2)c1. The molecule has 2 rings (SSSR count). The largest absolute Gasteiger partial charge is 0.475 e. The van der Waals surface area contributed by atoms with E-state index >= 15 is 0 Å². The van der Waals surface area contributed by atoms with E-state index in [2.05, 4.69) is 11.1 Å². The first-order valence-electron chi connectivity index (χ1n) is 5.49. The maximum atomic E-state index is 8.72. The maximum absolute atomic E-state index is 8.72. The zero-order chi connectivity index (χ0) is 11.2. The van der Waals surface area contributed by atoms with Crippen molar-refractivity contribution >= 4 is 0 Å². The number of aromatic nitrogens is 1. The standard InChI is InChI=1S/C12H14N2O2/c13-8-10-4-5-14-12(7-10)16-9-11-3-1-2-6-15-11/h4-5,7,11H,1-3,6,9H2/t11-/m1/s1. The van der Waals surface area contributed by atoms with Crippen LogP contribution in [-0.4, -0.2) is 24.3 Å². The Kier molecular flexibility index (Phi) is 3.73. The highest BCUT2D eigenvalue weighted by Crippen LogP contribution is 2.15. The van der Waals surface area contributed by atoms with E-state index in [9.17, 15) is 0 Å². The van der Waals surface area contributed by atoms with Crippen molar-refractivity contribution in [3.8, 4) is 11.9 Å². The van der Waals surface area contributed by atoms with Crippen LogP contribution in [0.4, 0.5) is 0 Å². The Labute approximate surface area is 94.8 Å². The van der Waals surface area contributed by atoms with Crippen LogP contribution in [-0.2, 0) is 4.74 Å². The first-order chi connectivity index (χ1) is 7.88. The lowest BCUT2D eigenvalue weighted by Gasteiger charge is -2.22. The molecule has 0 N–H and O–H groups in total. The normalized spacial score (nSPS) is 20.1. The molecule has 0 unspecified atom stereocenters. The van der Waals surface area contributed by atoms with Crippen LogP contribution < -0.4 is 4.74 Å². The summed E-state index contributed by atoms with van der Waals surface area (Å²) in [4.78, 5) is 4.04. The molecule has 0 radical (unpaired) electrons. The second-order valence-electron chi connectivity index (χ2n) is 3.79. The fraction of sp³-hybridized carbons (Fsp3) is 0.500. The molecule has 0 amide bonds. The number of nitrogens with zero attached hydrogens (tertiary/aromatic N) is 2. The molecule has 0 saturated carbocycles. The Morgan fingerprint density at radius 1 is 1.56 bits per heavy atom. The van der Waals surface area contributed by atoms with Gasteiger partial charge in [0.25, 0.3) is 0 Å². The minimum atomic E-state index is 0.168. The van der Waals surface area contributed by atoms with E-state index in [0.717, 1.165) is 19.4 Å². The lowest BCUT2D eigenvalue weighted by atomic mass is 10.1. The second kappa shape index (κ2) is 5.47. The third kappa shape index (κ3) is 2.94. The molecule has 1 aromatic rings. The molecular formula is C12H14N2O2. The van der Waals surface area contributed by atoms with Gasteiger partial charge >= 0.3 is 0 Å². The molecule has 1 aromatic heterocycles. The molecule has 0 aromatic carbocycles. The van der Waals surface area contributed by atoms with E-state index in [1.165, 1.54) is 6.42 Å². The van der Waals surface area contributed by atoms with Crippen LogP contribution in [0.1, 0.15) is 24.8 Å². The summed E-state index contributed by atoms with van der Waals surface area (Å²) in [5, 5.41) is 8.72. The summed E-state index contributed by atoms with van der Waals surface area (Å²) in [6.07, 6.45) is 5.12. The summed E-state index contributed by atoms with van der Waals surface area (Å²) < 4.78 is 11.0. The van der Waals surface area contributed by atoms with E-state index in [1.807, 2.05) is 0 Å². The number of nitriles is 1. The van der Waals surface area contributed by atoms with Gasteiger partial charge in [-0.05, 0) is 25.3 Å². The van der Waals surface area contributed by atoms with Gasteiger partial charge < -0.3 is 9.47 Å². The molecular weight excluding hydrogens is 204 g/mol. The molecule has 1 fully saturated rings. The first kappa shape index (κ1) is 10.9. The Hall–Kier alpha value is -1.60. The van der Waals surface area contributed by atoms with Gasteiger partial charge in [0.05, 0.1) is 17.7 Å². The van der Waals surface area contributed by atoms with Crippen molar-refractivity contribution < 1.29 is 9.47 Å². The molecule has 1 saturated heterocycles. The maximum Gasteiger partial charge on any atom is 0.214 e. The van der Waals surface area contributed by atoms with Crippen LogP contribution in [0.2, 0.25) is 0 Å². The van der Waals surface area contributed by atoms with Crippen LogP contribution in [0.5, 0.6) is 5.88 Å². The van der Waals surface area contributed by atoms with E-state index in [1.54, 1.807) is 18.3 Å². The average Bonchev–Trinajstić information content (AvgIpc) is 2.38. The first-order valence-corrected chi connectivity index (χ1v) is 5.49. The fourth-order valence-electron chi connectivity index (χ4n) is 1.68. The van der Waals surface area contributed by atoms with Crippen molar-refractivity contribution in [3.05, 3.63) is 23.9 Å². The number of hydrogen-bond donors (Lipinski definition) is 0. The molecule has 0 spiro atoms. The predicted molar refractivity (Wildman–Crippen MR) is 58.0 cm³/mol. The highest BCUT2D eigenvalue weighted by atomic mass is 16.5. The van der Waals surface area contributed by atoms with Crippen LogP contribution in [0.25, 0.3) is 0 Å². The summed E-state index contributed by atoms with van der Waals surface area (Å²) in [5.74, 6) is 0.494. The van der Waals surface area contributed by atoms with Crippen LogP contribution in [0.15, 0.2) is 18.3 Å². The van der Waals surface area contributed by atoms with Gasteiger partial charge in [0.1, 0.15) is 6.61 Å². The molecule has 2 heterocycles. The minimum Gasteiger partial charge on any atom is -0.475 e. The van der Waals surface area contributed by atoms with Gasteiger partial charge in [-0.15, -0.1) is 0 Å². The highest BCUT2D eigenvalue weighted by molar-refractivity contribution is 5.31. The van der Waals surface area contributed by atoms with Gasteiger partial charge in [-0.25, -0.2) is 4.98 Å². The van der Waals surface area contributed by atoms with E-state index in [0.29, 0.717) is 18.1 Å². The van der Waals surface area contributed by atoms with Gasteiger partial charge in [-0.1, -0.05) is 0 Å². The van der Waals surface area contributed by atoms with Gasteiger partial charge in [-0.2, -0.15) is 5.26 Å². The van der Waals surface area contributed by atoms with Gasteiger partial charge in [0.15, 0.2) is 0 Å². The quantitative estimate of drug-likeness (QED) is 0.777. The molecule has 1 atom stereocenters. The molecule has 84 valence electrons. The van der Waals surface area contributed by atoms with Gasteiger partial charge in [0.2, 0.25) is 5.88 Å².